The van der Waals surface area contributed by atoms with Crippen molar-refractivity contribution in [2.24, 2.45) is 5.73 Å². The highest BCUT2D eigenvalue weighted by atomic mass is 16.3. The van der Waals surface area contributed by atoms with E-state index in [1.165, 1.54) is 25.7 Å². The molecule has 3 nitrogen and oxygen atoms in total. The molecule has 1 unspecified atom stereocenters. The van der Waals surface area contributed by atoms with Gasteiger partial charge in [0.25, 0.3) is 0 Å². The number of rotatable bonds is 2. The van der Waals surface area contributed by atoms with Gasteiger partial charge in [-0.3, -0.25) is 0 Å². The average molecular weight is 234 g/mol. The van der Waals surface area contributed by atoms with Gasteiger partial charge in [0.05, 0.1) is 0 Å². The van der Waals surface area contributed by atoms with Crippen molar-refractivity contribution < 1.29 is 5.11 Å². The first-order valence-electron chi connectivity index (χ1n) is 6.52. The molecule has 3 N–H and O–H groups in total. The molecule has 0 radical (unpaired) electrons. The quantitative estimate of drug-likeness (QED) is 0.827. The number of nitrogens with zero attached hydrogens (tertiary/aromatic N) is 1. The number of aromatic hydroxyl groups is 1. The van der Waals surface area contributed by atoms with Crippen molar-refractivity contribution in [1.82, 2.24) is 0 Å². The molecule has 1 aromatic rings. The number of nitrogens with two attached hydrogens (primary N) is 1. The molecular weight excluding hydrogens is 212 g/mol. The Labute approximate surface area is 103 Å². The van der Waals surface area contributed by atoms with Gasteiger partial charge in [-0.15, -0.1) is 0 Å². The van der Waals surface area contributed by atoms with Crippen LogP contribution in [0, 0.1) is 0 Å². The molecular formula is C14H22N2O. The van der Waals surface area contributed by atoms with Crippen LogP contribution in [0.5, 0.6) is 5.75 Å². The minimum absolute atomic E-state index is 0.117. The van der Waals surface area contributed by atoms with Crippen LogP contribution >= 0.6 is 0 Å². The smallest absolute Gasteiger partial charge is 0.122 e. The molecule has 0 aromatic heterocycles. The van der Waals surface area contributed by atoms with E-state index < -0.39 is 0 Å². The molecule has 0 saturated carbocycles. The van der Waals surface area contributed by atoms with Crippen molar-refractivity contribution in [3.05, 3.63) is 23.8 Å². The van der Waals surface area contributed by atoms with Crippen LogP contribution < -0.4 is 10.6 Å². The molecule has 0 spiro atoms. The SMILES string of the molecule is CC(N)c1ccc(N2CCCCCC2)cc1O. The van der Waals surface area contributed by atoms with Gasteiger partial charge in [-0.05, 0) is 25.8 Å². The predicted molar refractivity (Wildman–Crippen MR) is 71.4 cm³/mol. The maximum absolute atomic E-state index is 9.96. The summed E-state index contributed by atoms with van der Waals surface area (Å²) in [7, 11) is 0. The minimum Gasteiger partial charge on any atom is -0.508 e. The Balaban J connectivity index is 2.18. The van der Waals surface area contributed by atoms with E-state index in [4.69, 9.17) is 5.73 Å². The van der Waals surface area contributed by atoms with Crippen LogP contribution in [0.2, 0.25) is 0 Å². The zero-order chi connectivity index (χ0) is 12.3. The predicted octanol–water partition coefficient (Wildman–Crippen LogP) is 2.79. The Morgan fingerprint density at radius 3 is 2.35 bits per heavy atom. The number of benzene rings is 1. The van der Waals surface area contributed by atoms with E-state index in [-0.39, 0.29) is 6.04 Å². The van der Waals surface area contributed by atoms with Crippen molar-refractivity contribution in [1.29, 1.82) is 0 Å². The topological polar surface area (TPSA) is 49.5 Å². The van der Waals surface area contributed by atoms with E-state index in [9.17, 15) is 5.11 Å². The zero-order valence-electron chi connectivity index (χ0n) is 10.5. The summed E-state index contributed by atoms with van der Waals surface area (Å²) in [5.74, 6) is 0.321. The van der Waals surface area contributed by atoms with Crippen molar-refractivity contribution >= 4 is 5.69 Å². The first-order chi connectivity index (χ1) is 8.18. The molecule has 0 amide bonds. The van der Waals surface area contributed by atoms with E-state index in [2.05, 4.69) is 11.0 Å². The molecule has 1 atom stereocenters. The summed E-state index contributed by atoms with van der Waals surface area (Å²) in [5, 5.41) is 9.96. The lowest BCUT2D eigenvalue weighted by molar-refractivity contribution is 0.463. The van der Waals surface area contributed by atoms with Gasteiger partial charge in [0.1, 0.15) is 5.75 Å². The summed E-state index contributed by atoms with van der Waals surface area (Å²) in [6.45, 7) is 4.08. The van der Waals surface area contributed by atoms with Crippen LogP contribution in [0.15, 0.2) is 18.2 Å². The molecule has 0 aliphatic carbocycles. The Morgan fingerprint density at radius 1 is 1.18 bits per heavy atom. The summed E-state index contributed by atoms with van der Waals surface area (Å²) in [6.07, 6.45) is 5.13. The fourth-order valence-corrected chi connectivity index (χ4v) is 2.44. The first-order valence-corrected chi connectivity index (χ1v) is 6.52. The van der Waals surface area contributed by atoms with Crippen molar-refractivity contribution in [3.8, 4) is 5.75 Å². The summed E-state index contributed by atoms with van der Waals surface area (Å²) < 4.78 is 0. The van der Waals surface area contributed by atoms with Crippen molar-refractivity contribution in [3.63, 3.8) is 0 Å². The van der Waals surface area contributed by atoms with Gasteiger partial charge >= 0.3 is 0 Å². The third-order valence-electron chi connectivity index (χ3n) is 3.48. The lowest BCUT2D eigenvalue weighted by Crippen LogP contribution is -2.23. The summed E-state index contributed by atoms with van der Waals surface area (Å²) in [6, 6.07) is 5.75. The van der Waals surface area contributed by atoms with Gasteiger partial charge in [0.2, 0.25) is 0 Å². The van der Waals surface area contributed by atoms with Crippen LogP contribution in [-0.2, 0) is 0 Å². The van der Waals surface area contributed by atoms with Crippen LogP contribution in [0.4, 0.5) is 5.69 Å². The lowest BCUT2D eigenvalue weighted by Gasteiger charge is -2.23. The summed E-state index contributed by atoms with van der Waals surface area (Å²) in [4.78, 5) is 2.36. The second-order valence-corrected chi connectivity index (χ2v) is 4.93. The highest BCUT2D eigenvalue weighted by Crippen LogP contribution is 2.29. The Kier molecular flexibility index (Phi) is 3.89. The second-order valence-electron chi connectivity index (χ2n) is 4.93. The molecule has 2 rings (SSSR count). The highest BCUT2D eigenvalue weighted by Gasteiger charge is 2.12. The fourth-order valence-electron chi connectivity index (χ4n) is 2.44. The van der Waals surface area contributed by atoms with Crippen molar-refractivity contribution in [2.75, 3.05) is 18.0 Å². The maximum atomic E-state index is 9.96. The third kappa shape index (κ3) is 2.91. The standard InChI is InChI=1S/C14H22N2O/c1-11(15)13-7-6-12(10-14(13)17)16-8-4-2-3-5-9-16/h6-7,10-11,17H,2-5,8-9,15H2,1H3. The zero-order valence-corrected chi connectivity index (χ0v) is 10.5. The summed E-state index contributed by atoms with van der Waals surface area (Å²) >= 11 is 0. The molecule has 17 heavy (non-hydrogen) atoms. The van der Waals surface area contributed by atoms with Crippen molar-refractivity contribution in [2.45, 2.75) is 38.6 Å². The number of hydrogen-bond acceptors (Lipinski definition) is 3. The number of phenolic OH excluding ortho intramolecular Hbond substituents is 1. The Hall–Kier alpha value is -1.22. The minimum atomic E-state index is -0.117. The largest absolute Gasteiger partial charge is 0.508 e. The average Bonchev–Trinajstić information content (AvgIpc) is 2.56. The first kappa shape index (κ1) is 12.2. The van der Waals surface area contributed by atoms with Gasteiger partial charge in [-0.2, -0.15) is 0 Å². The molecule has 1 fully saturated rings. The van der Waals surface area contributed by atoms with Gasteiger partial charge in [0.15, 0.2) is 0 Å². The highest BCUT2D eigenvalue weighted by molar-refractivity contribution is 5.54. The van der Waals surface area contributed by atoms with Crippen LogP contribution in [0.25, 0.3) is 0 Å². The van der Waals surface area contributed by atoms with Crippen LogP contribution in [-0.4, -0.2) is 18.2 Å². The maximum Gasteiger partial charge on any atom is 0.122 e. The van der Waals surface area contributed by atoms with E-state index >= 15 is 0 Å². The molecule has 1 saturated heterocycles. The number of phenols is 1. The fraction of sp³-hybridized carbons (Fsp3) is 0.571. The Morgan fingerprint density at radius 2 is 1.82 bits per heavy atom. The monoisotopic (exact) mass is 234 g/mol. The second kappa shape index (κ2) is 5.41. The number of anilines is 1. The third-order valence-corrected chi connectivity index (χ3v) is 3.48. The molecule has 1 aliphatic rings. The molecule has 94 valence electrons. The van der Waals surface area contributed by atoms with Gasteiger partial charge in [-0.25, -0.2) is 0 Å². The molecule has 3 heteroatoms. The number of hydrogen-bond donors (Lipinski definition) is 2. The normalized spacial score (nSPS) is 18.8. The van der Waals surface area contributed by atoms with E-state index in [1.54, 1.807) is 0 Å². The van der Waals surface area contributed by atoms with Crippen LogP contribution in [0.1, 0.15) is 44.2 Å². The van der Waals surface area contributed by atoms with Gasteiger partial charge < -0.3 is 15.7 Å². The molecule has 1 aromatic carbocycles. The molecule has 1 heterocycles. The van der Waals surface area contributed by atoms with E-state index in [1.807, 2.05) is 19.1 Å². The Bertz CT molecular complexity index is 368. The van der Waals surface area contributed by atoms with Gasteiger partial charge in [-0.1, -0.05) is 18.9 Å². The molecule has 1 aliphatic heterocycles. The summed E-state index contributed by atoms with van der Waals surface area (Å²) in [5.41, 5.74) is 7.74. The van der Waals surface area contributed by atoms with Gasteiger partial charge in [0, 0.05) is 36.4 Å². The van der Waals surface area contributed by atoms with Crippen LogP contribution in [0.3, 0.4) is 0 Å². The molecule has 0 bridgehead atoms. The lowest BCUT2D eigenvalue weighted by atomic mass is 10.1. The van der Waals surface area contributed by atoms with E-state index in [0.29, 0.717) is 5.75 Å². The van der Waals surface area contributed by atoms with E-state index in [0.717, 1.165) is 24.3 Å².